The highest BCUT2D eigenvalue weighted by atomic mass is 32.1. The van der Waals surface area contributed by atoms with E-state index in [4.69, 9.17) is 17.0 Å². The van der Waals surface area contributed by atoms with Gasteiger partial charge in [0, 0.05) is 31.8 Å². The zero-order chi connectivity index (χ0) is 16.9. The second-order valence-corrected chi connectivity index (χ2v) is 9.00. The second-order valence-electron chi connectivity index (χ2n) is 8.59. The van der Waals surface area contributed by atoms with Crippen molar-refractivity contribution in [1.29, 1.82) is 0 Å². The van der Waals surface area contributed by atoms with E-state index < -0.39 is 0 Å². The van der Waals surface area contributed by atoms with Gasteiger partial charge in [-0.05, 0) is 39.9 Å². The zero-order valence-electron chi connectivity index (χ0n) is 15.3. The smallest absolute Gasteiger partial charge is 0.166 e. The molecule has 2 aliphatic heterocycles. The van der Waals surface area contributed by atoms with Gasteiger partial charge in [-0.1, -0.05) is 0 Å². The van der Waals surface area contributed by atoms with Crippen molar-refractivity contribution < 1.29 is 15.0 Å². The van der Waals surface area contributed by atoms with Crippen molar-refractivity contribution in [2.75, 3.05) is 39.4 Å². The standard InChI is InChI=1S/C17H34N4OS/c1-16(2)12-14(13-17(3,4)20-16)19-15(23)18-6-5-7-21-8-10-22-11-9-21/h14,20H,5-13H2,1-4H3,(H2,18,19,23)/p+2. The molecule has 134 valence electrons. The van der Waals surface area contributed by atoms with Gasteiger partial charge in [-0.3, -0.25) is 0 Å². The highest BCUT2D eigenvalue weighted by Gasteiger charge is 2.41. The molecule has 0 amide bonds. The summed E-state index contributed by atoms with van der Waals surface area (Å²) >= 11 is 5.50. The molecule has 0 radical (unpaired) electrons. The number of ether oxygens (including phenoxy) is 1. The number of hydrogen-bond donors (Lipinski definition) is 4. The molecule has 2 fully saturated rings. The van der Waals surface area contributed by atoms with Gasteiger partial charge in [0.25, 0.3) is 0 Å². The Morgan fingerprint density at radius 3 is 2.39 bits per heavy atom. The van der Waals surface area contributed by atoms with Crippen molar-refractivity contribution in [3.8, 4) is 0 Å². The Morgan fingerprint density at radius 2 is 1.78 bits per heavy atom. The summed E-state index contributed by atoms with van der Waals surface area (Å²) in [5.41, 5.74) is 0.545. The van der Waals surface area contributed by atoms with Crippen molar-refractivity contribution in [3.63, 3.8) is 0 Å². The highest BCUT2D eigenvalue weighted by Crippen LogP contribution is 2.21. The average molecular weight is 345 g/mol. The van der Waals surface area contributed by atoms with Gasteiger partial charge in [0.05, 0.1) is 30.8 Å². The Morgan fingerprint density at radius 1 is 1.17 bits per heavy atom. The number of thiocarbonyl (C=S) groups is 1. The van der Waals surface area contributed by atoms with Crippen molar-refractivity contribution in [2.45, 2.75) is 64.1 Å². The first-order valence-corrected chi connectivity index (χ1v) is 9.49. The number of piperidine rings is 1. The summed E-state index contributed by atoms with van der Waals surface area (Å²) in [5, 5.41) is 10.3. The molecular weight excluding hydrogens is 308 g/mol. The number of morpholine rings is 1. The van der Waals surface area contributed by atoms with Crippen LogP contribution >= 0.6 is 12.2 Å². The predicted molar refractivity (Wildman–Crippen MR) is 97.8 cm³/mol. The van der Waals surface area contributed by atoms with Gasteiger partial charge < -0.3 is 25.6 Å². The zero-order valence-corrected chi connectivity index (χ0v) is 16.2. The maximum atomic E-state index is 5.50. The molecule has 5 nitrogen and oxygen atoms in total. The van der Waals surface area contributed by atoms with Gasteiger partial charge >= 0.3 is 0 Å². The van der Waals surface area contributed by atoms with Crippen LogP contribution in [0.5, 0.6) is 0 Å². The fourth-order valence-corrected chi connectivity index (χ4v) is 4.58. The van der Waals surface area contributed by atoms with Crippen LogP contribution in [0.4, 0.5) is 0 Å². The molecule has 0 unspecified atom stereocenters. The number of hydrogen-bond acceptors (Lipinski definition) is 2. The SMILES string of the molecule is CC1(C)CC(NC(=S)NCCC[NH+]2CCOCC2)CC(C)(C)[NH2+]1. The highest BCUT2D eigenvalue weighted by molar-refractivity contribution is 7.80. The maximum absolute atomic E-state index is 5.50. The van der Waals surface area contributed by atoms with E-state index in [2.05, 4.69) is 43.6 Å². The first kappa shape index (κ1) is 18.9. The monoisotopic (exact) mass is 344 g/mol. The quantitative estimate of drug-likeness (QED) is 0.383. The Bertz CT molecular complexity index is 378. The van der Waals surface area contributed by atoms with E-state index in [9.17, 15) is 0 Å². The second kappa shape index (κ2) is 8.10. The lowest BCUT2D eigenvalue weighted by molar-refractivity contribution is -0.908. The Labute approximate surface area is 146 Å². The number of nitrogens with two attached hydrogens (primary N) is 1. The molecule has 0 aromatic heterocycles. The molecule has 0 aliphatic carbocycles. The number of rotatable bonds is 5. The molecule has 2 rings (SSSR count). The summed E-state index contributed by atoms with van der Waals surface area (Å²) in [6.45, 7) is 15.6. The molecule has 2 heterocycles. The molecule has 0 aromatic carbocycles. The minimum Gasteiger partial charge on any atom is -0.370 e. The van der Waals surface area contributed by atoms with Gasteiger partial charge in [0.2, 0.25) is 0 Å². The first-order chi connectivity index (χ1) is 10.8. The van der Waals surface area contributed by atoms with E-state index in [0.29, 0.717) is 6.04 Å². The summed E-state index contributed by atoms with van der Waals surface area (Å²) in [5.74, 6) is 0. The van der Waals surface area contributed by atoms with E-state index in [0.717, 1.165) is 57.2 Å². The van der Waals surface area contributed by atoms with E-state index in [-0.39, 0.29) is 11.1 Å². The lowest BCUT2D eigenvalue weighted by atomic mass is 9.80. The number of nitrogens with one attached hydrogen (secondary N) is 3. The van der Waals surface area contributed by atoms with E-state index in [1.54, 1.807) is 4.90 Å². The first-order valence-electron chi connectivity index (χ1n) is 9.09. The Kier molecular flexibility index (Phi) is 6.66. The molecule has 2 saturated heterocycles. The molecule has 23 heavy (non-hydrogen) atoms. The molecule has 0 saturated carbocycles. The van der Waals surface area contributed by atoms with Gasteiger partial charge in [0.15, 0.2) is 5.11 Å². The third-order valence-corrected chi connectivity index (χ3v) is 5.12. The minimum absolute atomic E-state index is 0.273. The van der Waals surface area contributed by atoms with Crippen LogP contribution in [0.2, 0.25) is 0 Å². The summed E-state index contributed by atoms with van der Waals surface area (Å²) in [6, 6.07) is 0.467. The van der Waals surface area contributed by atoms with E-state index in [1.165, 1.54) is 6.54 Å². The molecule has 0 bridgehead atoms. The van der Waals surface area contributed by atoms with Crippen LogP contribution in [0.25, 0.3) is 0 Å². The fraction of sp³-hybridized carbons (Fsp3) is 0.941. The average Bonchev–Trinajstić information content (AvgIpc) is 2.41. The van der Waals surface area contributed by atoms with Crippen LogP contribution in [0.1, 0.15) is 47.0 Å². The lowest BCUT2D eigenvalue weighted by Gasteiger charge is -2.43. The van der Waals surface area contributed by atoms with Crippen LogP contribution < -0.4 is 20.9 Å². The van der Waals surface area contributed by atoms with E-state index in [1.807, 2.05) is 0 Å². The normalized spacial score (nSPS) is 25.0. The van der Waals surface area contributed by atoms with Crippen LogP contribution in [0.3, 0.4) is 0 Å². The summed E-state index contributed by atoms with van der Waals surface area (Å²) < 4.78 is 5.39. The third-order valence-electron chi connectivity index (χ3n) is 4.85. The minimum atomic E-state index is 0.273. The van der Waals surface area contributed by atoms with Crippen LogP contribution in [0, 0.1) is 0 Å². The van der Waals surface area contributed by atoms with Gasteiger partial charge in [-0.15, -0.1) is 0 Å². The molecule has 6 heteroatoms. The molecule has 0 aromatic rings. The van der Waals surface area contributed by atoms with Crippen LogP contribution in [-0.4, -0.2) is 61.6 Å². The summed E-state index contributed by atoms with van der Waals surface area (Å²) in [4.78, 5) is 1.66. The third kappa shape index (κ3) is 6.91. The summed E-state index contributed by atoms with van der Waals surface area (Å²) in [7, 11) is 0. The predicted octanol–water partition coefficient (Wildman–Crippen LogP) is -0.961. The van der Waals surface area contributed by atoms with Crippen LogP contribution in [-0.2, 0) is 4.74 Å². The molecule has 0 atom stereocenters. The topological polar surface area (TPSA) is 54.3 Å². The van der Waals surface area contributed by atoms with Crippen LogP contribution in [0.15, 0.2) is 0 Å². The molecule has 0 spiro atoms. The van der Waals surface area contributed by atoms with E-state index >= 15 is 0 Å². The Balaban J connectivity index is 1.64. The van der Waals surface area contributed by atoms with Gasteiger partial charge in [-0.25, -0.2) is 0 Å². The van der Waals surface area contributed by atoms with Crippen molar-refractivity contribution in [2.24, 2.45) is 0 Å². The largest absolute Gasteiger partial charge is 0.370 e. The van der Waals surface area contributed by atoms with Crippen molar-refractivity contribution in [1.82, 2.24) is 10.6 Å². The van der Waals surface area contributed by atoms with Crippen molar-refractivity contribution in [3.05, 3.63) is 0 Å². The molecule has 2 aliphatic rings. The van der Waals surface area contributed by atoms with Gasteiger partial charge in [-0.2, -0.15) is 0 Å². The summed E-state index contributed by atoms with van der Waals surface area (Å²) in [6.07, 6.45) is 3.46. The number of quaternary nitrogens is 2. The molecule has 5 N–H and O–H groups in total. The Hall–Kier alpha value is -0.430. The maximum Gasteiger partial charge on any atom is 0.166 e. The lowest BCUT2D eigenvalue weighted by Crippen LogP contribution is -3.14. The van der Waals surface area contributed by atoms with Gasteiger partial charge in [0.1, 0.15) is 13.1 Å². The molecular formula is C17H36N4OS+2. The van der Waals surface area contributed by atoms with Crippen molar-refractivity contribution >= 4 is 17.3 Å². The fourth-order valence-electron chi connectivity index (χ4n) is 4.31.